The Hall–Kier alpha value is -2.89. The molecule has 2 aromatic carbocycles. The van der Waals surface area contributed by atoms with E-state index in [9.17, 15) is 4.79 Å². The number of nitrogens with one attached hydrogen (secondary N) is 1. The van der Waals surface area contributed by atoms with Gasteiger partial charge < -0.3 is 19.2 Å². The van der Waals surface area contributed by atoms with Gasteiger partial charge in [-0.05, 0) is 99.5 Å². The van der Waals surface area contributed by atoms with E-state index in [2.05, 4.69) is 39.9 Å². The SMILES string of the molecule is Cc1c(C)c(C)c(Cc2ccc(C(=O)N[C@H]3COC(C)(C)O[C@H]3c3ccccc3)o2)c(C)c1C. The summed E-state index contributed by atoms with van der Waals surface area (Å²) in [6, 6.07) is 13.2. The minimum Gasteiger partial charge on any atom is -0.456 e. The number of amides is 1. The molecule has 0 radical (unpaired) electrons. The molecule has 1 aliphatic heterocycles. The molecular weight excluding hydrogens is 426 g/mol. The van der Waals surface area contributed by atoms with Gasteiger partial charge in [0.25, 0.3) is 5.91 Å². The Morgan fingerprint density at radius 2 is 1.53 bits per heavy atom. The number of rotatable bonds is 5. The molecule has 0 unspecified atom stereocenters. The predicted molar refractivity (Wildman–Crippen MR) is 133 cm³/mol. The number of hydrogen-bond donors (Lipinski definition) is 1. The lowest BCUT2D eigenvalue weighted by atomic mass is 9.88. The fourth-order valence-electron chi connectivity index (χ4n) is 4.71. The molecule has 34 heavy (non-hydrogen) atoms. The first-order valence-corrected chi connectivity index (χ1v) is 11.9. The largest absolute Gasteiger partial charge is 0.456 e. The summed E-state index contributed by atoms with van der Waals surface area (Å²) in [6.07, 6.45) is 0.343. The van der Waals surface area contributed by atoms with Crippen molar-refractivity contribution in [2.24, 2.45) is 0 Å². The third kappa shape index (κ3) is 4.82. The molecule has 0 aliphatic carbocycles. The third-order valence-electron chi connectivity index (χ3n) is 7.22. The minimum absolute atomic E-state index is 0.270. The van der Waals surface area contributed by atoms with Crippen molar-refractivity contribution in [3.63, 3.8) is 0 Å². The predicted octanol–water partition coefficient (Wildman–Crippen LogP) is 6.04. The number of hydrogen-bond acceptors (Lipinski definition) is 4. The Labute approximate surface area is 202 Å². The average Bonchev–Trinajstić information content (AvgIpc) is 3.30. The molecule has 1 saturated heterocycles. The van der Waals surface area contributed by atoms with E-state index >= 15 is 0 Å². The summed E-state index contributed by atoms with van der Waals surface area (Å²) in [5, 5.41) is 3.06. The van der Waals surface area contributed by atoms with Crippen LogP contribution in [0.15, 0.2) is 46.9 Å². The zero-order valence-electron chi connectivity index (χ0n) is 21.2. The molecule has 0 spiro atoms. The van der Waals surface area contributed by atoms with Crippen LogP contribution < -0.4 is 5.32 Å². The molecule has 4 rings (SSSR count). The van der Waals surface area contributed by atoms with Crippen LogP contribution in [0.25, 0.3) is 0 Å². The summed E-state index contributed by atoms with van der Waals surface area (Å²) in [7, 11) is 0. The molecule has 1 aromatic heterocycles. The fraction of sp³-hybridized carbons (Fsp3) is 0.414. The number of furan rings is 1. The molecule has 2 atom stereocenters. The highest BCUT2D eigenvalue weighted by molar-refractivity contribution is 5.91. The van der Waals surface area contributed by atoms with Gasteiger partial charge in [0.2, 0.25) is 0 Å². The molecular formula is C29H35NO4. The van der Waals surface area contributed by atoms with E-state index in [4.69, 9.17) is 13.9 Å². The van der Waals surface area contributed by atoms with Crippen LogP contribution in [0.5, 0.6) is 0 Å². The lowest BCUT2D eigenvalue weighted by Crippen LogP contribution is -2.51. The van der Waals surface area contributed by atoms with Crippen LogP contribution in [-0.4, -0.2) is 24.3 Å². The van der Waals surface area contributed by atoms with E-state index in [1.807, 2.05) is 50.2 Å². The second kappa shape index (κ2) is 9.40. The normalized spacial score (nSPS) is 19.7. The molecule has 0 bridgehead atoms. The van der Waals surface area contributed by atoms with Crippen LogP contribution in [0.1, 0.15) is 75.2 Å². The molecule has 3 aromatic rings. The summed E-state index contributed by atoms with van der Waals surface area (Å²) in [5.41, 5.74) is 8.80. The van der Waals surface area contributed by atoms with E-state index in [1.165, 1.54) is 33.4 Å². The van der Waals surface area contributed by atoms with E-state index in [0.717, 1.165) is 11.3 Å². The highest BCUT2D eigenvalue weighted by Gasteiger charge is 2.38. The van der Waals surface area contributed by atoms with E-state index in [0.29, 0.717) is 18.8 Å². The first kappa shape index (κ1) is 24.2. The van der Waals surface area contributed by atoms with Gasteiger partial charge in [0, 0.05) is 6.42 Å². The van der Waals surface area contributed by atoms with Gasteiger partial charge in [0.1, 0.15) is 11.9 Å². The van der Waals surface area contributed by atoms with Crippen LogP contribution >= 0.6 is 0 Å². The van der Waals surface area contributed by atoms with Crippen molar-refractivity contribution in [2.75, 3.05) is 6.61 Å². The zero-order valence-corrected chi connectivity index (χ0v) is 21.2. The van der Waals surface area contributed by atoms with Crippen LogP contribution in [0.3, 0.4) is 0 Å². The van der Waals surface area contributed by atoms with Crippen molar-refractivity contribution < 1.29 is 18.7 Å². The smallest absolute Gasteiger partial charge is 0.287 e. The number of benzene rings is 2. The Morgan fingerprint density at radius 1 is 0.912 bits per heavy atom. The molecule has 180 valence electrons. The van der Waals surface area contributed by atoms with Crippen molar-refractivity contribution in [2.45, 2.75) is 72.8 Å². The standard InChI is InChI=1S/C29H35NO4/c1-17-18(2)20(4)24(21(5)19(17)3)15-23-13-14-26(33-23)28(31)30-25-16-32-29(6,7)34-27(25)22-11-9-8-10-12-22/h8-14,25,27H,15-16H2,1-7H3,(H,30,31)/t25-,27-/m0/s1. The fourth-order valence-corrected chi connectivity index (χ4v) is 4.71. The van der Waals surface area contributed by atoms with Gasteiger partial charge >= 0.3 is 0 Å². The number of carbonyl (C=O) groups excluding carboxylic acids is 1. The van der Waals surface area contributed by atoms with E-state index < -0.39 is 5.79 Å². The summed E-state index contributed by atoms with van der Waals surface area (Å²) in [5.74, 6) is 0.0757. The first-order valence-electron chi connectivity index (χ1n) is 11.9. The van der Waals surface area contributed by atoms with Gasteiger partial charge in [0.15, 0.2) is 11.5 Å². The lowest BCUT2D eigenvalue weighted by Gasteiger charge is -2.41. The van der Waals surface area contributed by atoms with Crippen LogP contribution in [0.4, 0.5) is 0 Å². The highest BCUT2D eigenvalue weighted by atomic mass is 16.7. The van der Waals surface area contributed by atoms with Gasteiger partial charge in [0.05, 0.1) is 12.6 Å². The van der Waals surface area contributed by atoms with Crippen LogP contribution in [0.2, 0.25) is 0 Å². The van der Waals surface area contributed by atoms with Gasteiger partial charge in [-0.25, -0.2) is 0 Å². The van der Waals surface area contributed by atoms with Crippen molar-refractivity contribution in [3.8, 4) is 0 Å². The second-order valence-corrected chi connectivity index (χ2v) is 9.79. The Balaban J connectivity index is 1.52. The highest BCUT2D eigenvalue weighted by Crippen LogP contribution is 2.33. The Kier molecular flexibility index (Phi) is 6.70. The average molecular weight is 462 g/mol. The lowest BCUT2D eigenvalue weighted by molar-refractivity contribution is -0.284. The van der Waals surface area contributed by atoms with Gasteiger partial charge in [-0.15, -0.1) is 0 Å². The van der Waals surface area contributed by atoms with E-state index in [1.54, 1.807) is 6.07 Å². The first-order chi connectivity index (χ1) is 16.1. The van der Waals surface area contributed by atoms with Gasteiger partial charge in [-0.2, -0.15) is 0 Å². The monoisotopic (exact) mass is 461 g/mol. The number of ether oxygens (including phenoxy) is 2. The summed E-state index contributed by atoms with van der Waals surface area (Å²) >= 11 is 0. The maximum atomic E-state index is 13.1. The minimum atomic E-state index is -0.723. The molecule has 0 saturated carbocycles. The Bertz CT molecular complexity index is 1160. The summed E-state index contributed by atoms with van der Waals surface area (Å²) in [6.45, 7) is 15.0. The third-order valence-corrected chi connectivity index (χ3v) is 7.22. The quantitative estimate of drug-likeness (QED) is 0.504. The zero-order chi connectivity index (χ0) is 24.6. The van der Waals surface area contributed by atoms with Crippen molar-refractivity contribution >= 4 is 5.91 Å². The molecule has 1 N–H and O–H groups in total. The van der Waals surface area contributed by atoms with E-state index in [-0.39, 0.29) is 18.1 Å². The van der Waals surface area contributed by atoms with Crippen molar-refractivity contribution in [1.29, 1.82) is 0 Å². The molecule has 5 heteroatoms. The second-order valence-electron chi connectivity index (χ2n) is 9.79. The number of carbonyl (C=O) groups is 1. The molecule has 1 fully saturated rings. The van der Waals surface area contributed by atoms with Crippen LogP contribution in [0, 0.1) is 34.6 Å². The maximum absolute atomic E-state index is 13.1. The summed E-state index contributed by atoms with van der Waals surface area (Å²) in [4.78, 5) is 13.1. The molecule has 2 heterocycles. The van der Waals surface area contributed by atoms with Crippen molar-refractivity contribution in [1.82, 2.24) is 5.32 Å². The van der Waals surface area contributed by atoms with Crippen LogP contribution in [-0.2, 0) is 15.9 Å². The topological polar surface area (TPSA) is 60.7 Å². The van der Waals surface area contributed by atoms with Gasteiger partial charge in [-0.1, -0.05) is 30.3 Å². The maximum Gasteiger partial charge on any atom is 0.287 e. The molecule has 1 amide bonds. The molecule has 5 nitrogen and oxygen atoms in total. The molecule has 1 aliphatic rings. The Morgan fingerprint density at radius 3 is 2.18 bits per heavy atom. The van der Waals surface area contributed by atoms with Crippen molar-refractivity contribution in [3.05, 3.63) is 92.9 Å². The van der Waals surface area contributed by atoms with Gasteiger partial charge in [-0.3, -0.25) is 4.79 Å². The summed E-state index contributed by atoms with van der Waals surface area (Å²) < 4.78 is 18.0.